The van der Waals surface area contributed by atoms with Crippen molar-refractivity contribution >= 4 is 10.1 Å². The van der Waals surface area contributed by atoms with E-state index in [1.54, 1.807) is 13.8 Å². The number of ether oxygens (including phenoxy) is 1. The molecule has 0 N–H and O–H groups in total. The van der Waals surface area contributed by atoms with Crippen LogP contribution < -0.4 is 0 Å². The highest BCUT2D eigenvalue weighted by Gasteiger charge is 2.78. The highest BCUT2D eigenvalue weighted by molar-refractivity contribution is 7.87. The molecule has 0 saturated carbocycles. The summed E-state index contributed by atoms with van der Waals surface area (Å²) in [6.07, 6.45) is -7.50. The molecule has 2 bridgehead atoms. The first kappa shape index (κ1) is 11.7. The maximum Gasteiger partial charge on any atom is 0.395 e. The Morgan fingerprint density at radius 3 is 2.29 bits per heavy atom. The summed E-state index contributed by atoms with van der Waals surface area (Å²) in [5, 5.41) is -1.59. The molecule has 0 aromatic rings. The van der Waals surface area contributed by atoms with Gasteiger partial charge in [-0.15, -0.1) is 0 Å². The zero-order valence-corrected chi connectivity index (χ0v) is 9.88. The van der Waals surface area contributed by atoms with Crippen LogP contribution in [0.1, 0.15) is 13.8 Å². The molecule has 0 radical (unpaired) electrons. The van der Waals surface area contributed by atoms with Crippen LogP contribution in [-0.4, -0.2) is 38.2 Å². The van der Waals surface area contributed by atoms with Crippen LogP contribution in [0.4, 0.5) is 13.2 Å². The van der Waals surface area contributed by atoms with Crippen LogP contribution in [0.5, 0.6) is 0 Å². The van der Waals surface area contributed by atoms with Crippen molar-refractivity contribution in [1.29, 1.82) is 0 Å². The van der Waals surface area contributed by atoms with Gasteiger partial charge in [0.05, 0.1) is 6.10 Å². The van der Waals surface area contributed by atoms with Gasteiger partial charge in [0.1, 0.15) is 23.4 Å². The van der Waals surface area contributed by atoms with Gasteiger partial charge in [-0.25, -0.2) is 0 Å². The molecule has 0 aromatic heterocycles. The van der Waals surface area contributed by atoms with E-state index in [2.05, 4.69) is 0 Å². The van der Waals surface area contributed by atoms with Crippen LogP contribution in [0.2, 0.25) is 0 Å². The van der Waals surface area contributed by atoms with Gasteiger partial charge in [-0.05, 0) is 0 Å². The zero-order chi connectivity index (χ0) is 12.8. The maximum atomic E-state index is 13.0. The van der Waals surface area contributed by atoms with Gasteiger partial charge < -0.3 is 4.74 Å². The summed E-state index contributed by atoms with van der Waals surface area (Å²) in [5.74, 6) is -1.98. The van der Waals surface area contributed by atoms with Crippen LogP contribution in [0, 0.1) is 11.3 Å². The van der Waals surface area contributed by atoms with E-state index in [4.69, 9.17) is 8.92 Å². The smallest absolute Gasteiger partial charge is 0.369 e. The fourth-order valence-corrected chi connectivity index (χ4v) is 5.23. The predicted molar refractivity (Wildman–Crippen MR) is 49.6 cm³/mol. The van der Waals surface area contributed by atoms with E-state index in [1.165, 1.54) is 0 Å². The molecule has 0 aromatic carbocycles. The number of fused-ring (bicyclic) bond motifs is 1. The van der Waals surface area contributed by atoms with E-state index in [9.17, 15) is 21.6 Å². The van der Waals surface area contributed by atoms with Crippen molar-refractivity contribution < 1.29 is 30.5 Å². The number of alkyl halides is 3. The highest BCUT2D eigenvalue weighted by atomic mass is 32.2. The number of rotatable bonds is 0. The Morgan fingerprint density at radius 2 is 1.76 bits per heavy atom. The Balaban J connectivity index is 2.15. The lowest BCUT2D eigenvalue weighted by molar-refractivity contribution is -0.195. The van der Waals surface area contributed by atoms with Gasteiger partial charge in [0, 0.05) is 5.41 Å². The van der Waals surface area contributed by atoms with Crippen LogP contribution in [0.25, 0.3) is 0 Å². The normalized spacial score (nSPS) is 49.8. The Morgan fingerprint density at radius 1 is 1.18 bits per heavy atom. The third-order valence-corrected chi connectivity index (χ3v) is 5.73. The van der Waals surface area contributed by atoms with Crippen molar-refractivity contribution in [1.82, 2.24) is 0 Å². The summed E-state index contributed by atoms with van der Waals surface area (Å²) in [6.45, 7) is 3.11. The quantitative estimate of drug-likeness (QED) is 0.619. The van der Waals surface area contributed by atoms with Crippen molar-refractivity contribution in [2.45, 2.75) is 43.6 Å². The number of halogens is 3. The van der Waals surface area contributed by atoms with Gasteiger partial charge in [0.15, 0.2) is 0 Å². The monoisotopic (exact) mass is 272 g/mol. The Kier molecular flexibility index (Phi) is 1.93. The Hall–Kier alpha value is -0.340. The minimum Gasteiger partial charge on any atom is -0.369 e. The molecule has 3 fully saturated rings. The maximum absolute atomic E-state index is 13.0. The molecule has 17 heavy (non-hydrogen) atoms. The molecule has 0 aliphatic carbocycles. The molecule has 0 amide bonds. The fourth-order valence-electron chi connectivity index (χ4n) is 3.26. The second kappa shape index (κ2) is 2.80. The molecule has 0 spiro atoms. The number of hydrogen-bond acceptors (Lipinski definition) is 4. The van der Waals surface area contributed by atoms with Gasteiger partial charge in [-0.2, -0.15) is 21.6 Å². The van der Waals surface area contributed by atoms with E-state index >= 15 is 0 Å². The highest BCUT2D eigenvalue weighted by Crippen LogP contribution is 2.61. The first-order valence-corrected chi connectivity index (χ1v) is 6.68. The van der Waals surface area contributed by atoms with E-state index in [1.807, 2.05) is 0 Å². The van der Waals surface area contributed by atoms with E-state index < -0.39 is 51.2 Å². The summed E-state index contributed by atoms with van der Waals surface area (Å²) in [6, 6.07) is 0. The lowest BCUT2D eigenvalue weighted by Gasteiger charge is -2.35. The minimum atomic E-state index is -4.59. The summed E-state index contributed by atoms with van der Waals surface area (Å²) in [7, 11) is -4.18. The second-order valence-corrected chi connectivity index (χ2v) is 7.11. The molecule has 3 saturated heterocycles. The third-order valence-electron chi connectivity index (χ3n) is 4.02. The largest absolute Gasteiger partial charge is 0.395 e. The summed E-state index contributed by atoms with van der Waals surface area (Å²) < 4.78 is 72.2. The van der Waals surface area contributed by atoms with Gasteiger partial charge in [0.2, 0.25) is 0 Å². The van der Waals surface area contributed by atoms with Crippen molar-refractivity contribution in [3.8, 4) is 0 Å². The molecule has 5 unspecified atom stereocenters. The predicted octanol–water partition coefficient (Wildman–Crippen LogP) is 1.07. The van der Waals surface area contributed by atoms with Crippen molar-refractivity contribution in [2.75, 3.05) is 0 Å². The SMILES string of the molecule is CC1(C)C2OS(=O)(=O)C3C2OC1C3C(F)(F)F. The molecule has 3 aliphatic heterocycles. The van der Waals surface area contributed by atoms with Crippen molar-refractivity contribution in [3.05, 3.63) is 0 Å². The molecule has 5 atom stereocenters. The lowest BCUT2D eigenvalue weighted by Crippen LogP contribution is -2.51. The van der Waals surface area contributed by atoms with Crippen LogP contribution in [0.15, 0.2) is 0 Å². The molecule has 98 valence electrons. The van der Waals surface area contributed by atoms with Gasteiger partial charge in [-0.3, -0.25) is 4.18 Å². The first-order chi connectivity index (χ1) is 7.57. The Labute approximate surface area is 96.2 Å². The van der Waals surface area contributed by atoms with Gasteiger partial charge in [0.25, 0.3) is 10.1 Å². The number of hydrogen-bond donors (Lipinski definition) is 0. The van der Waals surface area contributed by atoms with Crippen LogP contribution in [-0.2, 0) is 19.0 Å². The van der Waals surface area contributed by atoms with E-state index in [0.29, 0.717) is 0 Å². The van der Waals surface area contributed by atoms with Crippen molar-refractivity contribution in [2.24, 2.45) is 11.3 Å². The molecule has 3 aliphatic rings. The lowest BCUT2D eigenvalue weighted by atomic mass is 9.69. The summed E-state index contributed by atoms with van der Waals surface area (Å²) >= 11 is 0. The summed E-state index contributed by atoms with van der Waals surface area (Å²) in [5.41, 5.74) is -0.940. The topological polar surface area (TPSA) is 52.6 Å². The summed E-state index contributed by atoms with van der Waals surface area (Å²) in [4.78, 5) is 0. The van der Waals surface area contributed by atoms with E-state index in [0.717, 1.165) is 0 Å². The second-order valence-electron chi connectivity index (χ2n) is 5.38. The molecular weight excluding hydrogens is 261 g/mol. The van der Waals surface area contributed by atoms with Crippen LogP contribution in [0.3, 0.4) is 0 Å². The molecule has 3 heterocycles. The minimum absolute atomic E-state index is 0.791. The van der Waals surface area contributed by atoms with Crippen LogP contribution >= 0.6 is 0 Å². The fraction of sp³-hybridized carbons (Fsp3) is 1.00. The molecule has 3 rings (SSSR count). The average Bonchev–Trinajstić information content (AvgIpc) is 2.66. The first-order valence-electron chi connectivity index (χ1n) is 5.21. The molecule has 8 heteroatoms. The van der Waals surface area contributed by atoms with Gasteiger partial charge >= 0.3 is 6.18 Å². The standard InChI is InChI=1S/C9H11F3O4S/c1-8(2)6-3(9(10,11)12)5-4(15-6)7(8)16-17(5,13)14/h3-7H,1-2H3. The van der Waals surface area contributed by atoms with Gasteiger partial charge in [-0.1, -0.05) is 13.8 Å². The van der Waals surface area contributed by atoms with E-state index in [-0.39, 0.29) is 0 Å². The Bertz CT molecular complexity index is 469. The zero-order valence-electron chi connectivity index (χ0n) is 9.06. The average molecular weight is 272 g/mol. The third kappa shape index (κ3) is 1.23. The molecular formula is C9H11F3O4S. The van der Waals surface area contributed by atoms with Crippen molar-refractivity contribution in [3.63, 3.8) is 0 Å². The molecule has 4 nitrogen and oxygen atoms in total.